The van der Waals surface area contributed by atoms with Crippen molar-refractivity contribution in [1.29, 1.82) is 0 Å². The van der Waals surface area contributed by atoms with E-state index in [1.165, 1.54) is 6.07 Å². The van der Waals surface area contributed by atoms with Gasteiger partial charge in [-0.25, -0.2) is 22.6 Å². The Morgan fingerprint density at radius 2 is 1.93 bits per heavy atom. The first-order valence-electron chi connectivity index (χ1n) is 8.31. The van der Waals surface area contributed by atoms with Gasteiger partial charge in [0.25, 0.3) is 0 Å². The van der Waals surface area contributed by atoms with Crippen molar-refractivity contribution in [2.45, 2.75) is 29.9 Å². The predicted molar refractivity (Wildman–Crippen MR) is 101 cm³/mol. The molecule has 1 heterocycles. The number of urea groups is 1. The van der Waals surface area contributed by atoms with Crippen LogP contribution in [0.2, 0.25) is 0 Å². The largest absolute Gasteiger partial charge is 0.325 e. The molecule has 7 nitrogen and oxygen atoms in total. The van der Waals surface area contributed by atoms with Gasteiger partial charge in [0.1, 0.15) is 10.0 Å². The fourth-order valence-electron chi connectivity index (χ4n) is 2.98. The fourth-order valence-corrected chi connectivity index (χ4v) is 4.61. The molecule has 1 aliphatic rings. The molecule has 0 radical (unpaired) electrons. The highest BCUT2D eigenvalue weighted by molar-refractivity contribution is 7.92. The smallest absolute Gasteiger partial charge is 0.307 e. The monoisotopic (exact) mass is 411 g/mol. The number of halogens is 1. The first kappa shape index (κ1) is 19.4. The maximum absolute atomic E-state index is 13.6. The number of amides is 2. The third-order valence-electron chi connectivity index (χ3n) is 4.29. The lowest BCUT2D eigenvalue weighted by atomic mass is 9.95. The van der Waals surface area contributed by atoms with E-state index >= 15 is 0 Å². The van der Waals surface area contributed by atoms with Gasteiger partial charge in [0.2, 0.25) is 0 Å². The number of ketones is 1. The Labute approximate surface area is 159 Å². The van der Waals surface area contributed by atoms with Crippen LogP contribution in [0.5, 0.6) is 0 Å². The van der Waals surface area contributed by atoms with Crippen LogP contribution in [0.4, 0.5) is 20.0 Å². The molecule has 27 heavy (non-hydrogen) atoms. The van der Waals surface area contributed by atoms with Crippen molar-refractivity contribution in [3.8, 4) is 0 Å². The number of Topliss-reactive ketones (excluding diaryl/α,β-unsaturated/α-hetero) is 1. The number of nitrogens with zero attached hydrogens (tertiary/aromatic N) is 1. The van der Waals surface area contributed by atoms with Crippen LogP contribution < -0.4 is 10.6 Å². The lowest BCUT2D eigenvalue weighted by Crippen LogP contribution is -2.22. The van der Waals surface area contributed by atoms with E-state index in [-0.39, 0.29) is 32.3 Å². The van der Waals surface area contributed by atoms with Gasteiger partial charge < -0.3 is 5.32 Å². The third kappa shape index (κ3) is 4.69. The van der Waals surface area contributed by atoms with Crippen molar-refractivity contribution in [3.05, 3.63) is 35.8 Å². The molecule has 2 N–H and O–H groups in total. The zero-order valence-electron chi connectivity index (χ0n) is 14.5. The summed E-state index contributed by atoms with van der Waals surface area (Å²) in [5, 5.41) is 5.04. The number of thiazole rings is 1. The maximum Gasteiger partial charge on any atom is 0.325 e. The van der Waals surface area contributed by atoms with E-state index in [1.807, 2.05) is 0 Å². The molecule has 1 aromatic carbocycles. The number of anilines is 2. The molecule has 0 bridgehead atoms. The molecule has 3 rings (SSSR count). The predicted octanol–water partition coefficient (Wildman–Crippen LogP) is 3.70. The molecular weight excluding hydrogens is 393 g/mol. The SMILES string of the molecule is CS(=O)(=O)c1cnc(NC(=O)Nc2ccc(F)cc2C(=O)C2CCCC2)s1. The zero-order chi connectivity index (χ0) is 19.6. The second kappa shape index (κ2) is 7.73. The van der Waals surface area contributed by atoms with Crippen LogP contribution in [0.1, 0.15) is 36.0 Å². The fraction of sp³-hybridized carbons (Fsp3) is 0.353. The highest BCUT2D eigenvalue weighted by atomic mass is 32.2. The second-order valence-corrected chi connectivity index (χ2v) is 9.64. The first-order chi connectivity index (χ1) is 12.7. The average molecular weight is 411 g/mol. The summed E-state index contributed by atoms with van der Waals surface area (Å²) in [6.07, 6.45) is 5.64. The van der Waals surface area contributed by atoms with Gasteiger partial charge in [-0.3, -0.25) is 10.1 Å². The van der Waals surface area contributed by atoms with Crippen molar-refractivity contribution in [2.24, 2.45) is 5.92 Å². The number of carbonyl (C=O) groups excluding carboxylic acids is 2. The van der Waals surface area contributed by atoms with E-state index in [9.17, 15) is 22.4 Å². The van der Waals surface area contributed by atoms with Crippen LogP contribution >= 0.6 is 11.3 Å². The van der Waals surface area contributed by atoms with Gasteiger partial charge >= 0.3 is 6.03 Å². The quantitative estimate of drug-likeness (QED) is 0.730. The highest BCUT2D eigenvalue weighted by Gasteiger charge is 2.26. The molecule has 0 atom stereocenters. The standard InChI is InChI=1S/C17H18FN3O4S2/c1-27(24,25)14-9-19-17(26-14)21-16(23)20-13-7-6-11(18)8-12(13)15(22)10-4-2-3-5-10/h6-10H,2-5H2,1H3,(H2,19,20,21,23). The minimum absolute atomic E-state index is 0.0247. The van der Waals surface area contributed by atoms with Crippen molar-refractivity contribution in [1.82, 2.24) is 4.98 Å². The van der Waals surface area contributed by atoms with Crippen LogP contribution in [-0.2, 0) is 9.84 Å². The van der Waals surface area contributed by atoms with Crippen LogP contribution in [0.3, 0.4) is 0 Å². The zero-order valence-corrected chi connectivity index (χ0v) is 16.1. The van der Waals surface area contributed by atoms with E-state index < -0.39 is 21.7 Å². The van der Waals surface area contributed by atoms with Crippen LogP contribution in [0.15, 0.2) is 28.6 Å². The molecule has 0 saturated heterocycles. The Balaban J connectivity index is 1.75. The normalized spacial score (nSPS) is 14.9. The number of hydrogen-bond acceptors (Lipinski definition) is 6. The minimum Gasteiger partial charge on any atom is -0.307 e. The highest BCUT2D eigenvalue weighted by Crippen LogP contribution is 2.31. The van der Waals surface area contributed by atoms with E-state index in [2.05, 4.69) is 15.6 Å². The molecule has 0 unspecified atom stereocenters. The summed E-state index contributed by atoms with van der Waals surface area (Å²) in [6.45, 7) is 0. The average Bonchev–Trinajstić information content (AvgIpc) is 3.27. The summed E-state index contributed by atoms with van der Waals surface area (Å²) in [6, 6.07) is 2.92. The molecule has 0 aliphatic heterocycles. The van der Waals surface area contributed by atoms with Gasteiger partial charge in [-0.15, -0.1) is 0 Å². The molecule has 144 valence electrons. The van der Waals surface area contributed by atoms with Crippen molar-refractivity contribution in [3.63, 3.8) is 0 Å². The molecule has 1 aromatic heterocycles. The van der Waals surface area contributed by atoms with Crippen molar-refractivity contribution in [2.75, 3.05) is 16.9 Å². The summed E-state index contributed by atoms with van der Waals surface area (Å²) in [5.41, 5.74) is 0.332. The summed E-state index contributed by atoms with van der Waals surface area (Å²) in [5.74, 6) is -0.900. The Morgan fingerprint density at radius 1 is 1.22 bits per heavy atom. The van der Waals surface area contributed by atoms with Crippen LogP contribution in [0.25, 0.3) is 0 Å². The second-order valence-electron chi connectivity index (χ2n) is 6.37. The molecule has 1 aliphatic carbocycles. The number of carbonyl (C=O) groups is 2. The first-order valence-corrected chi connectivity index (χ1v) is 11.0. The van der Waals surface area contributed by atoms with Gasteiger partial charge in [-0.2, -0.15) is 0 Å². The summed E-state index contributed by atoms with van der Waals surface area (Å²) < 4.78 is 36.6. The Hall–Kier alpha value is -2.33. The van der Waals surface area contributed by atoms with E-state index in [4.69, 9.17) is 0 Å². The van der Waals surface area contributed by atoms with Gasteiger partial charge in [0.05, 0.1) is 11.9 Å². The van der Waals surface area contributed by atoms with Crippen LogP contribution in [-0.4, -0.2) is 31.5 Å². The molecule has 2 aromatic rings. The number of rotatable bonds is 5. The molecule has 2 amide bonds. The Kier molecular flexibility index (Phi) is 5.56. The van der Waals surface area contributed by atoms with E-state index in [0.29, 0.717) is 0 Å². The van der Waals surface area contributed by atoms with Gasteiger partial charge in [-0.1, -0.05) is 24.2 Å². The molecular formula is C17H18FN3O4S2. The molecule has 1 fully saturated rings. The molecule has 0 spiro atoms. The molecule has 1 saturated carbocycles. The maximum atomic E-state index is 13.6. The number of hydrogen-bond donors (Lipinski definition) is 2. The van der Waals surface area contributed by atoms with Gasteiger partial charge in [-0.05, 0) is 31.0 Å². The minimum atomic E-state index is -3.41. The lowest BCUT2D eigenvalue weighted by Gasteiger charge is -2.14. The van der Waals surface area contributed by atoms with E-state index in [1.54, 1.807) is 0 Å². The number of nitrogens with one attached hydrogen (secondary N) is 2. The Bertz CT molecular complexity index is 982. The third-order valence-corrected chi connectivity index (χ3v) is 6.99. The number of sulfone groups is 1. The van der Waals surface area contributed by atoms with Crippen molar-refractivity contribution >= 4 is 43.8 Å². The summed E-state index contributed by atoms with van der Waals surface area (Å²) >= 11 is 0.814. The summed E-state index contributed by atoms with van der Waals surface area (Å²) in [7, 11) is -3.41. The number of aromatic nitrogens is 1. The van der Waals surface area contributed by atoms with E-state index in [0.717, 1.165) is 61.6 Å². The number of benzene rings is 1. The lowest BCUT2D eigenvalue weighted by molar-refractivity contribution is 0.0923. The van der Waals surface area contributed by atoms with Crippen LogP contribution in [0, 0.1) is 11.7 Å². The van der Waals surface area contributed by atoms with Crippen molar-refractivity contribution < 1.29 is 22.4 Å². The summed E-state index contributed by atoms with van der Waals surface area (Å²) in [4.78, 5) is 28.7. The van der Waals surface area contributed by atoms with Gasteiger partial charge in [0, 0.05) is 17.7 Å². The topological polar surface area (TPSA) is 105 Å². The Morgan fingerprint density at radius 3 is 2.56 bits per heavy atom. The van der Waals surface area contributed by atoms with Gasteiger partial charge in [0.15, 0.2) is 20.8 Å². The molecule has 10 heteroatoms.